The van der Waals surface area contributed by atoms with Gasteiger partial charge in [0, 0.05) is 0 Å². The Morgan fingerprint density at radius 2 is 1.86 bits per heavy atom. The highest BCUT2D eigenvalue weighted by atomic mass is 19.1. The number of esters is 1. The molecule has 0 saturated heterocycles. The number of ether oxygens (including phenoxy) is 2. The van der Waals surface area contributed by atoms with Crippen LogP contribution in [0, 0.1) is 11.7 Å². The van der Waals surface area contributed by atoms with Crippen molar-refractivity contribution in [1.29, 1.82) is 0 Å². The van der Waals surface area contributed by atoms with Gasteiger partial charge in [-0.2, -0.15) is 0 Å². The first kappa shape index (κ1) is 21.1. The summed E-state index contributed by atoms with van der Waals surface area (Å²) in [5, 5.41) is 0. The van der Waals surface area contributed by atoms with Crippen LogP contribution in [0.5, 0.6) is 5.75 Å². The zero-order chi connectivity index (χ0) is 20.1. The van der Waals surface area contributed by atoms with E-state index < -0.39 is 18.5 Å². The van der Waals surface area contributed by atoms with Gasteiger partial charge in [-0.15, -0.1) is 0 Å². The van der Waals surface area contributed by atoms with Crippen molar-refractivity contribution in [2.75, 3.05) is 0 Å². The highest BCUT2D eigenvalue weighted by Gasteiger charge is 2.30. The molecule has 1 aromatic carbocycles. The average Bonchev–Trinajstić information content (AvgIpc) is 2.69. The van der Waals surface area contributed by atoms with Gasteiger partial charge in [0.05, 0.1) is 17.2 Å². The Balaban J connectivity index is 1.73. The molecule has 28 heavy (non-hydrogen) atoms. The van der Waals surface area contributed by atoms with Crippen molar-refractivity contribution in [2.24, 2.45) is 5.92 Å². The van der Waals surface area contributed by atoms with Crippen LogP contribution in [-0.4, -0.2) is 18.2 Å². The summed E-state index contributed by atoms with van der Waals surface area (Å²) in [7, 11) is 0. The number of aryl methyl sites for hydroxylation is 1. The summed E-state index contributed by atoms with van der Waals surface area (Å²) in [4.78, 5) is 12.6. The van der Waals surface area contributed by atoms with Gasteiger partial charge in [-0.25, -0.2) is 13.6 Å². The first-order chi connectivity index (χ1) is 13.6. The summed E-state index contributed by atoms with van der Waals surface area (Å²) in [5.74, 6) is -0.513. The molecule has 1 fully saturated rings. The second-order valence-electron chi connectivity index (χ2n) is 8.24. The third kappa shape index (κ3) is 4.66. The molecule has 3 nitrogen and oxygen atoms in total. The van der Waals surface area contributed by atoms with Crippen LogP contribution in [0.15, 0.2) is 6.07 Å². The number of hydrogen-bond acceptors (Lipinski definition) is 3. The number of benzene rings is 1. The minimum absolute atomic E-state index is 0.0155. The number of rotatable bonds is 7. The smallest absolute Gasteiger partial charge is 0.341 e. The maximum atomic E-state index is 14.9. The normalized spacial score (nSPS) is 24.4. The van der Waals surface area contributed by atoms with Crippen LogP contribution in [0.4, 0.5) is 8.78 Å². The lowest BCUT2D eigenvalue weighted by Gasteiger charge is -2.29. The molecule has 1 atom stereocenters. The number of alkyl halides is 1. The predicted molar refractivity (Wildman–Crippen MR) is 105 cm³/mol. The van der Waals surface area contributed by atoms with E-state index in [1.54, 1.807) is 0 Å². The molecule has 0 amide bonds. The van der Waals surface area contributed by atoms with Crippen molar-refractivity contribution in [3.05, 3.63) is 28.6 Å². The van der Waals surface area contributed by atoms with Gasteiger partial charge in [-0.05, 0) is 62.5 Å². The van der Waals surface area contributed by atoms with E-state index in [1.165, 1.54) is 18.9 Å². The molecule has 1 heterocycles. The molecule has 5 heteroatoms. The lowest BCUT2D eigenvalue weighted by Crippen LogP contribution is -2.27. The van der Waals surface area contributed by atoms with Crippen molar-refractivity contribution in [3.8, 4) is 5.75 Å². The lowest BCUT2D eigenvalue weighted by molar-refractivity contribution is 0.0156. The Labute approximate surface area is 166 Å². The highest BCUT2D eigenvalue weighted by Crippen LogP contribution is 2.37. The van der Waals surface area contributed by atoms with Crippen molar-refractivity contribution >= 4 is 5.97 Å². The number of carbonyl (C=O) groups excluding carboxylic acids is 1. The molecule has 156 valence electrons. The fourth-order valence-electron chi connectivity index (χ4n) is 4.59. The fourth-order valence-corrected chi connectivity index (χ4v) is 4.59. The van der Waals surface area contributed by atoms with Crippen molar-refractivity contribution in [3.63, 3.8) is 0 Å². The maximum absolute atomic E-state index is 14.9. The minimum Gasteiger partial charge on any atom is -0.490 e. The first-order valence-corrected chi connectivity index (χ1v) is 10.8. The van der Waals surface area contributed by atoms with Gasteiger partial charge in [0.2, 0.25) is 0 Å². The zero-order valence-electron chi connectivity index (χ0n) is 17.1. The number of hydrogen-bond donors (Lipinski definition) is 0. The maximum Gasteiger partial charge on any atom is 0.341 e. The second-order valence-corrected chi connectivity index (χ2v) is 8.24. The molecule has 3 rings (SSSR count). The number of halogens is 2. The molecule has 2 aliphatic rings. The molecule has 1 saturated carbocycles. The number of carbonyl (C=O) groups is 1. The van der Waals surface area contributed by atoms with E-state index in [9.17, 15) is 13.6 Å². The summed E-state index contributed by atoms with van der Waals surface area (Å²) in [6, 6.07) is 1.51. The molecule has 0 aromatic heterocycles. The van der Waals surface area contributed by atoms with Crippen LogP contribution in [0.1, 0.15) is 93.1 Å². The van der Waals surface area contributed by atoms with Crippen LogP contribution in [0.2, 0.25) is 0 Å². The van der Waals surface area contributed by atoms with Gasteiger partial charge in [-0.1, -0.05) is 33.1 Å². The molecule has 0 N–H and O–H groups in total. The van der Waals surface area contributed by atoms with Crippen molar-refractivity contribution in [2.45, 2.75) is 96.9 Å². The van der Waals surface area contributed by atoms with E-state index in [4.69, 9.17) is 9.47 Å². The third-order valence-electron chi connectivity index (χ3n) is 6.13. The summed E-state index contributed by atoms with van der Waals surface area (Å²) in [5.41, 5.74) is 0.413. The van der Waals surface area contributed by atoms with Crippen LogP contribution in [0.3, 0.4) is 0 Å². The van der Waals surface area contributed by atoms with Gasteiger partial charge < -0.3 is 9.47 Å². The standard InChI is InChI=1S/C23H32F2O3/c1-3-5-15-7-10-18(11-8-15)28-23(26)19-13-16-9-12-17(6-4-2)27-22(16)20(14-24)21(19)25/h13,15,17-18H,3-12,14H2,1-2H3. The molecule has 0 radical (unpaired) electrons. The van der Waals surface area contributed by atoms with E-state index in [0.717, 1.165) is 44.9 Å². The predicted octanol–water partition coefficient (Wildman–Crippen LogP) is 6.30. The Morgan fingerprint density at radius 3 is 2.50 bits per heavy atom. The summed E-state index contributed by atoms with van der Waals surface area (Å²) in [6.45, 7) is 3.25. The fraction of sp³-hybridized carbons (Fsp3) is 0.696. The van der Waals surface area contributed by atoms with Gasteiger partial charge in [-0.3, -0.25) is 0 Å². The Morgan fingerprint density at radius 1 is 1.14 bits per heavy atom. The van der Waals surface area contributed by atoms with Crippen LogP contribution < -0.4 is 4.74 Å². The van der Waals surface area contributed by atoms with Gasteiger partial charge in [0.1, 0.15) is 24.3 Å². The molecule has 1 aliphatic carbocycles. The molecular formula is C23H32F2O3. The molecule has 0 spiro atoms. The number of fused-ring (bicyclic) bond motifs is 1. The van der Waals surface area contributed by atoms with Crippen molar-refractivity contribution in [1.82, 2.24) is 0 Å². The molecular weight excluding hydrogens is 362 g/mol. The monoisotopic (exact) mass is 394 g/mol. The summed E-state index contributed by atoms with van der Waals surface area (Å²) < 4.78 is 40.0. The molecule has 1 aliphatic heterocycles. The van der Waals surface area contributed by atoms with E-state index in [-0.39, 0.29) is 23.3 Å². The van der Waals surface area contributed by atoms with Crippen LogP contribution in [-0.2, 0) is 17.8 Å². The summed E-state index contributed by atoms with van der Waals surface area (Å²) >= 11 is 0. The van der Waals surface area contributed by atoms with Crippen LogP contribution in [0.25, 0.3) is 0 Å². The van der Waals surface area contributed by atoms with Crippen LogP contribution >= 0.6 is 0 Å². The minimum atomic E-state index is -0.990. The van der Waals surface area contributed by atoms with E-state index in [2.05, 4.69) is 13.8 Å². The topological polar surface area (TPSA) is 35.5 Å². The Bertz CT molecular complexity index is 681. The largest absolute Gasteiger partial charge is 0.490 e. The third-order valence-corrected chi connectivity index (χ3v) is 6.13. The van der Waals surface area contributed by atoms with E-state index >= 15 is 0 Å². The summed E-state index contributed by atoms with van der Waals surface area (Å²) in [6.07, 6.45) is 9.19. The molecule has 1 aromatic rings. The highest BCUT2D eigenvalue weighted by molar-refractivity contribution is 5.91. The Hall–Kier alpha value is -1.65. The molecule has 1 unspecified atom stereocenters. The van der Waals surface area contributed by atoms with Gasteiger partial charge >= 0.3 is 5.97 Å². The van der Waals surface area contributed by atoms with Crippen molar-refractivity contribution < 1.29 is 23.0 Å². The zero-order valence-corrected chi connectivity index (χ0v) is 17.1. The lowest BCUT2D eigenvalue weighted by atomic mass is 9.84. The van der Waals surface area contributed by atoms with Gasteiger partial charge in [0.25, 0.3) is 0 Å². The van der Waals surface area contributed by atoms with E-state index in [1.807, 2.05) is 0 Å². The van der Waals surface area contributed by atoms with E-state index in [0.29, 0.717) is 23.7 Å². The SMILES string of the molecule is CCCC1CCC(OC(=O)c2cc3c(c(CF)c2F)OC(CCC)CC3)CC1. The average molecular weight is 395 g/mol. The van der Waals surface area contributed by atoms with Gasteiger partial charge in [0.15, 0.2) is 0 Å². The molecule has 0 bridgehead atoms. The Kier molecular flexibility index (Phi) is 7.30. The second kappa shape index (κ2) is 9.71. The quantitative estimate of drug-likeness (QED) is 0.509. The first-order valence-electron chi connectivity index (χ1n) is 10.8.